The Morgan fingerprint density at radius 2 is 1.67 bits per heavy atom. The van der Waals surface area contributed by atoms with Crippen LogP contribution in [0.15, 0.2) is 73.3 Å². The molecule has 1 amide bonds. The molecule has 0 aliphatic rings. The number of amides is 1. The van der Waals surface area contributed by atoms with Gasteiger partial charge in [-0.25, -0.2) is 0 Å². The third-order valence-corrected chi connectivity index (χ3v) is 3.46. The average molecular weight is 279 g/mol. The molecule has 0 aliphatic carbocycles. The van der Waals surface area contributed by atoms with Gasteiger partial charge in [0.15, 0.2) is 0 Å². The van der Waals surface area contributed by atoms with Crippen LogP contribution in [0.4, 0.5) is 0 Å². The Labute approximate surface area is 126 Å². The van der Waals surface area contributed by atoms with E-state index in [-0.39, 0.29) is 11.9 Å². The Bertz CT molecular complexity index is 563. The molecule has 1 N–H and O–H groups in total. The molecule has 2 nitrogen and oxygen atoms in total. The van der Waals surface area contributed by atoms with Crippen molar-refractivity contribution in [2.45, 2.75) is 25.3 Å². The minimum atomic E-state index is -0.0415. The van der Waals surface area contributed by atoms with Crippen molar-refractivity contribution in [3.63, 3.8) is 0 Å². The smallest absolute Gasteiger partial charge is 0.251 e. The molecular weight excluding hydrogens is 258 g/mol. The Morgan fingerprint density at radius 3 is 2.29 bits per heavy atom. The molecule has 1 unspecified atom stereocenters. The first kappa shape index (κ1) is 15.0. The van der Waals surface area contributed by atoms with E-state index in [0.29, 0.717) is 5.56 Å². The Kier molecular flexibility index (Phi) is 5.77. The van der Waals surface area contributed by atoms with Crippen LogP contribution in [0.25, 0.3) is 0 Å². The van der Waals surface area contributed by atoms with Crippen LogP contribution in [0.2, 0.25) is 0 Å². The third-order valence-electron chi connectivity index (χ3n) is 3.46. The van der Waals surface area contributed by atoms with Crippen LogP contribution in [-0.4, -0.2) is 11.9 Å². The lowest BCUT2D eigenvalue weighted by molar-refractivity contribution is 0.0942. The first-order valence-corrected chi connectivity index (χ1v) is 7.32. The van der Waals surface area contributed by atoms with E-state index in [0.717, 1.165) is 19.3 Å². The quantitative estimate of drug-likeness (QED) is 0.763. The molecule has 2 aromatic rings. The van der Waals surface area contributed by atoms with E-state index in [4.69, 9.17) is 0 Å². The van der Waals surface area contributed by atoms with Gasteiger partial charge in [0.05, 0.1) is 0 Å². The molecule has 0 spiro atoms. The molecule has 0 aliphatic heterocycles. The molecule has 108 valence electrons. The topological polar surface area (TPSA) is 29.1 Å². The fourth-order valence-corrected chi connectivity index (χ4v) is 2.26. The highest BCUT2D eigenvalue weighted by molar-refractivity contribution is 5.94. The van der Waals surface area contributed by atoms with Crippen molar-refractivity contribution in [2.24, 2.45) is 0 Å². The highest BCUT2D eigenvalue weighted by atomic mass is 16.1. The van der Waals surface area contributed by atoms with Crippen LogP contribution in [-0.2, 0) is 6.42 Å². The second-order valence-corrected chi connectivity index (χ2v) is 5.06. The maximum atomic E-state index is 12.1. The van der Waals surface area contributed by atoms with Crippen molar-refractivity contribution in [3.8, 4) is 0 Å². The molecule has 0 bridgehead atoms. The van der Waals surface area contributed by atoms with E-state index in [9.17, 15) is 4.79 Å². The van der Waals surface area contributed by atoms with Crippen LogP contribution in [0.3, 0.4) is 0 Å². The zero-order chi connectivity index (χ0) is 14.9. The van der Waals surface area contributed by atoms with Crippen LogP contribution < -0.4 is 5.32 Å². The third kappa shape index (κ3) is 4.92. The highest BCUT2D eigenvalue weighted by Crippen LogP contribution is 2.08. The van der Waals surface area contributed by atoms with E-state index >= 15 is 0 Å². The fourth-order valence-electron chi connectivity index (χ4n) is 2.26. The van der Waals surface area contributed by atoms with Crippen molar-refractivity contribution < 1.29 is 4.79 Å². The molecule has 0 heterocycles. The first-order chi connectivity index (χ1) is 10.3. The summed E-state index contributed by atoms with van der Waals surface area (Å²) in [5.41, 5.74) is 2.02. The summed E-state index contributed by atoms with van der Waals surface area (Å²) in [7, 11) is 0. The average Bonchev–Trinajstić information content (AvgIpc) is 2.55. The number of carbonyl (C=O) groups excluding carboxylic acids is 1. The summed E-state index contributed by atoms with van der Waals surface area (Å²) in [5, 5.41) is 3.01. The summed E-state index contributed by atoms with van der Waals surface area (Å²) in [6.45, 7) is 3.82. The number of hydrogen-bond donors (Lipinski definition) is 1. The van der Waals surface area contributed by atoms with Crippen molar-refractivity contribution in [1.29, 1.82) is 0 Å². The lowest BCUT2D eigenvalue weighted by Gasteiger charge is -2.14. The van der Waals surface area contributed by atoms with Crippen LogP contribution in [0.5, 0.6) is 0 Å². The van der Waals surface area contributed by atoms with Gasteiger partial charge in [0.25, 0.3) is 5.91 Å². The molecule has 0 saturated heterocycles. The summed E-state index contributed by atoms with van der Waals surface area (Å²) < 4.78 is 0. The van der Waals surface area contributed by atoms with E-state index in [1.165, 1.54) is 5.56 Å². The van der Waals surface area contributed by atoms with Crippen molar-refractivity contribution in [3.05, 3.63) is 84.4 Å². The predicted molar refractivity (Wildman–Crippen MR) is 87.3 cm³/mol. The Hall–Kier alpha value is -2.35. The molecule has 0 aromatic heterocycles. The minimum Gasteiger partial charge on any atom is -0.346 e. The molecule has 0 radical (unpaired) electrons. The normalized spacial score (nSPS) is 11.6. The van der Waals surface area contributed by atoms with Gasteiger partial charge in [0, 0.05) is 11.6 Å². The molecular formula is C19H21NO. The SMILES string of the molecule is C=CC(CCCc1ccccc1)NC(=O)c1ccccc1. The standard InChI is InChI=1S/C19H21NO/c1-2-18(15-9-12-16-10-5-3-6-11-16)20-19(21)17-13-7-4-8-14-17/h2-8,10-11,13-14,18H,1,9,12,15H2,(H,20,21). The summed E-state index contributed by atoms with van der Waals surface area (Å²) in [5.74, 6) is -0.0415. The molecule has 2 rings (SSSR count). The van der Waals surface area contributed by atoms with Gasteiger partial charge >= 0.3 is 0 Å². The summed E-state index contributed by atoms with van der Waals surface area (Å²) >= 11 is 0. The molecule has 0 saturated carbocycles. The Morgan fingerprint density at radius 1 is 1.05 bits per heavy atom. The van der Waals surface area contributed by atoms with Gasteiger partial charge in [-0.1, -0.05) is 54.6 Å². The zero-order valence-electron chi connectivity index (χ0n) is 12.2. The lowest BCUT2D eigenvalue weighted by atomic mass is 10.0. The molecule has 21 heavy (non-hydrogen) atoms. The summed E-state index contributed by atoms with van der Waals surface area (Å²) in [4.78, 5) is 12.1. The van der Waals surface area contributed by atoms with E-state index in [1.807, 2.05) is 42.5 Å². The van der Waals surface area contributed by atoms with Crippen LogP contribution in [0.1, 0.15) is 28.8 Å². The van der Waals surface area contributed by atoms with Crippen LogP contribution in [0, 0.1) is 0 Å². The predicted octanol–water partition coefficient (Wildman–Crippen LogP) is 3.99. The molecule has 2 heteroatoms. The van der Waals surface area contributed by atoms with Gasteiger partial charge in [-0.2, -0.15) is 0 Å². The first-order valence-electron chi connectivity index (χ1n) is 7.32. The van der Waals surface area contributed by atoms with Crippen molar-refractivity contribution >= 4 is 5.91 Å². The second kappa shape index (κ2) is 8.05. The number of carbonyl (C=O) groups is 1. The number of benzene rings is 2. The van der Waals surface area contributed by atoms with E-state index in [2.05, 4.69) is 36.2 Å². The Balaban J connectivity index is 1.81. The second-order valence-electron chi connectivity index (χ2n) is 5.06. The highest BCUT2D eigenvalue weighted by Gasteiger charge is 2.10. The van der Waals surface area contributed by atoms with Crippen molar-refractivity contribution in [2.75, 3.05) is 0 Å². The van der Waals surface area contributed by atoms with Gasteiger partial charge in [0.2, 0.25) is 0 Å². The van der Waals surface area contributed by atoms with Gasteiger partial charge in [0.1, 0.15) is 0 Å². The lowest BCUT2D eigenvalue weighted by Crippen LogP contribution is -2.33. The summed E-state index contributed by atoms with van der Waals surface area (Å²) in [6, 6.07) is 19.7. The van der Waals surface area contributed by atoms with Gasteiger partial charge in [-0.05, 0) is 37.0 Å². The zero-order valence-corrected chi connectivity index (χ0v) is 12.2. The number of aryl methyl sites for hydroxylation is 1. The fraction of sp³-hybridized carbons (Fsp3) is 0.211. The molecule has 2 aromatic carbocycles. The number of rotatable bonds is 7. The number of nitrogens with one attached hydrogen (secondary N) is 1. The maximum Gasteiger partial charge on any atom is 0.251 e. The number of hydrogen-bond acceptors (Lipinski definition) is 1. The van der Waals surface area contributed by atoms with E-state index in [1.54, 1.807) is 0 Å². The van der Waals surface area contributed by atoms with Crippen LogP contribution >= 0.6 is 0 Å². The van der Waals surface area contributed by atoms with Crippen molar-refractivity contribution in [1.82, 2.24) is 5.32 Å². The minimum absolute atomic E-state index is 0.0152. The molecule has 0 fully saturated rings. The monoisotopic (exact) mass is 279 g/mol. The largest absolute Gasteiger partial charge is 0.346 e. The van der Waals surface area contributed by atoms with Gasteiger partial charge in [-0.15, -0.1) is 6.58 Å². The maximum absolute atomic E-state index is 12.1. The van der Waals surface area contributed by atoms with Gasteiger partial charge < -0.3 is 5.32 Å². The van der Waals surface area contributed by atoms with E-state index < -0.39 is 0 Å². The summed E-state index contributed by atoms with van der Waals surface area (Å²) in [6.07, 6.45) is 4.75. The molecule has 1 atom stereocenters. The van der Waals surface area contributed by atoms with Gasteiger partial charge in [-0.3, -0.25) is 4.79 Å².